The predicted molar refractivity (Wildman–Crippen MR) is 77.3 cm³/mol. The van der Waals surface area contributed by atoms with Crippen molar-refractivity contribution in [2.45, 2.75) is 6.54 Å². The zero-order valence-electron chi connectivity index (χ0n) is 11.5. The number of hydrogen-bond acceptors (Lipinski definition) is 3. The van der Waals surface area contributed by atoms with Crippen molar-refractivity contribution in [1.29, 1.82) is 0 Å². The van der Waals surface area contributed by atoms with E-state index in [0.717, 1.165) is 5.56 Å². The van der Waals surface area contributed by atoms with Crippen LogP contribution in [0.5, 0.6) is 5.75 Å². The number of benzene rings is 2. The molecule has 0 radical (unpaired) electrons. The molecule has 1 amide bonds. The number of aromatic hydroxyl groups is 1. The summed E-state index contributed by atoms with van der Waals surface area (Å²) in [5.41, 5.74) is 1.44. The van der Waals surface area contributed by atoms with Crippen LogP contribution in [0.3, 0.4) is 0 Å². The lowest BCUT2D eigenvalue weighted by atomic mass is 10.1. The first-order chi connectivity index (χ1) is 9.97. The van der Waals surface area contributed by atoms with Crippen molar-refractivity contribution in [2.24, 2.45) is 0 Å². The van der Waals surface area contributed by atoms with E-state index in [1.807, 2.05) is 0 Å². The van der Waals surface area contributed by atoms with Crippen molar-refractivity contribution < 1.29 is 19.8 Å². The van der Waals surface area contributed by atoms with Gasteiger partial charge in [0, 0.05) is 19.2 Å². The average Bonchev–Trinajstić information content (AvgIpc) is 2.47. The molecule has 5 heteroatoms. The first-order valence-electron chi connectivity index (χ1n) is 6.34. The van der Waals surface area contributed by atoms with Gasteiger partial charge in [-0.1, -0.05) is 18.2 Å². The number of phenolic OH excluding ortho intramolecular Hbond substituents is 1. The van der Waals surface area contributed by atoms with Crippen molar-refractivity contribution in [3.63, 3.8) is 0 Å². The molecule has 2 rings (SSSR count). The molecule has 0 heterocycles. The van der Waals surface area contributed by atoms with Gasteiger partial charge in [0.1, 0.15) is 5.75 Å². The Hall–Kier alpha value is -2.82. The van der Waals surface area contributed by atoms with Crippen molar-refractivity contribution in [3.05, 3.63) is 65.2 Å². The molecule has 0 unspecified atom stereocenters. The first kappa shape index (κ1) is 14.6. The fourth-order valence-electron chi connectivity index (χ4n) is 1.96. The standard InChI is InChI=1S/C16H15NO4/c1-17(15(19)13-3-2-4-14(18)9-13)10-11-5-7-12(8-6-11)16(20)21/h2-9,18H,10H2,1H3,(H,20,21). The summed E-state index contributed by atoms with van der Waals surface area (Å²) in [5.74, 6) is -1.15. The Morgan fingerprint density at radius 3 is 2.29 bits per heavy atom. The molecule has 0 aliphatic rings. The van der Waals surface area contributed by atoms with E-state index in [1.54, 1.807) is 31.3 Å². The fraction of sp³-hybridized carbons (Fsp3) is 0.125. The zero-order valence-corrected chi connectivity index (χ0v) is 11.5. The van der Waals surface area contributed by atoms with Gasteiger partial charge in [-0.05, 0) is 35.9 Å². The first-order valence-corrected chi connectivity index (χ1v) is 6.34. The smallest absolute Gasteiger partial charge is 0.335 e. The van der Waals surface area contributed by atoms with Gasteiger partial charge < -0.3 is 15.1 Å². The Kier molecular flexibility index (Phi) is 4.23. The molecule has 0 spiro atoms. The van der Waals surface area contributed by atoms with Gasteiger partial charge in [0.2, 0.25) is 0 Å². The van der Waals surface area contributed by atoms with Gasteiger partial charge in [0.05, 0.1) is 5.56 Å². The van der Waals surface area contributed by atoms with E-state index in [0.29, 0.717) is 12.1 Å². The minimum absolute atomic E-state index is 0.0417. The summed E-state index contributed by atoms with van der Waals surface area (Å²) in [6.45, 7) is 0.356. The maximum Gasteiger partial charge on any atom is 0.335 e. The van der Waals surface area contributed by atoms with Crippen molar-refractivity contribution in [1.82, 2.24) is 4.90 Å². The number of nitrogens with zero attached hydrogens (tertiary/aromatic N) is 1. The van der Waals surface area contributed by atoms with E-state index in [-0.39, 0.29) is 17.2 Å². The van der Waals surface area contributed by atoms with Crippen LogP contribution in [0.4, 0.5) is 0 Å². The summed E-state index contributed by atoms with van der Waals surface area (Å²) >= 11 is 0. The third-order valence-corrected chi connectivity index (χ3v) is 3.06. The summed E-state index contributed by atoms with van der Waals surface area (Å²) in [7, 11) is 1.65. The average molecular weight is 285 g/mol. The largest absolute Gasteiger partial charge is 0.508 e. The van der Waals surface area contributed by atoms with E-state index in [2.05, 4.69) is 0 Å². The van der Waals surface area contributed by atoms with Crippen LogP contribution < -0.4 is 0 Å². The van der Waals surface area contributed by atoms with Crippen LogP contribution in [0.2, 0.25) is 0 Å². The Bertz CT molecular complexity index is 664. The monoisotopic (exact) mass is 285 g/mol. The Morgan fingerprint density at radius 2 is 1.71 bits per heavy atom. The molecule has 0 atom stereocenters. The number of amides is 1. The summed E-state index contributed by atoms with van der Waals surface area (Å²) in [5, 5.41) is 18.2. The highest BCUT2D eigenvalue weighted by atomic mass is 16.4. The number of hydrogen-bond donors (Lipinski definition) is 2. The van der Waals surface area contributed by atoms with Gasteiger partial charge in [-0.15, -0.1) is 0 Å². The van der Waals surface area contributed by atoms with Crippen LogP contribution in [0, 0.1) is 0 Å². The summed E-state index contributed by atoms with van der Waals surface area (Å²) in [4.78, 5) is 24.5. The van der Waals surface area contributed by atoms with Gasteiger partial charge in [-0.2, -0.15) is 0 Å². The lowest BCUT2D eigenvalue weighted by Gasteiger charge is -2.17. The lowest BCUT2D eigenvalue weighted by molar-refractivity contribution is 0.0695. The molecule has 0 aliphatic heterocycles. The van der Waals surface area contributed by atoms with E-state index in [9.17, 15) is 14.7 Å². The second kappa shape index (κ2) is 6.09. The van der Waals surface area contributed by atoms with Crippen molar-refractivity contribution in [2.75, 3.05) is 7.05 Å². The number of rotatable bonds is 4. The highest BCUT2D eigenvalue weighted by Crippen LogP contribution is 2.14. The van der Waals surface area contributed by atoms with Gasteiger partial charge >= 0.3 is 5.97 Å². The van der Waals surface area contributed by atoms with Gasteiger partial charge in [0.15, 0.2) is 0 Å². The quantitative estimate of drug-likeness (QED) is 0.904. The minimum Gasteiger partial charge on any atom is -0.508 e. The van der Waals surface area contributed by atoms with Gasteiger partial charge in [-0.25, -0.2) is 4.79 Å². The number of carbonyl (C=O) groups is 2. The molecule has 108 valence electrons. The Labute approximate surface area is 122 Å². The highest BCUT2D eigenvalue weighted by Gasteiger charge is 2.12. The molecule has 2 aromatic carbocycles. The maximum atomic E-state index is 12.2. The van der Waals surface area contributed by atoms with E-state index < -0.39 is 5.97 Å². The molecule has 0 saturated carbocycles. The molecule has 0 fully saturated rings. The maximum absolute atomic E-state index is 12.2. The molecular weight excluding hydrogens is 270 g/mol. The predicted octanol–water partition coefficient (Wildman–Crippen LogP) is 2.36. The van der Waals surface area contributed by atoms with E-state index >= 15 is 0 Å². The van der Waals surface area contributed by atoms with Crippen LogP contribution in [0.1, 0.15) is 26.3 Å². The second-order valence-electron chi connectivity index (χ2n) is 4.71. The summed E-state index contributed by atoms with van der Waals surface area (Å²) < 4.78 is 0. The van der Waals surface area contributed by atoms with Crippen LogP contribution in [0.25, 0.3) is 0 Å². The molecule has 5 nitrogen and oxygen atoms in total. The van der Waals surface area contributed by atoms with Crippen LogP contribution in [0.15, 0.2) is 48.5 Å². The number of carboxylic acid groups (broad SMARTS) is 1. The topological polar surface area (TPSA) is 77.8 Å². The van der Waals surface area contributed by atoms with Crippen LogP contribution in [-0.2, 0) is 6.54 Å². The SMILES string of the molecule is CN(Cc1ccc(C(=O)O)cc1)C(=O)c1cccc(O)c1. The minimum atomic E-state index is -0.981. The van der Waals surface area contributed by atoms with E-state index in [4.69, 9.17) is 5.11 Å². The Balaban J connectivity index is 2.08. The zero-order chi connectivity index (χ0) is 15.4. The van der Waals surface area contributed by atoms with Crippen molar-refractivity contribution >= 4 is 11.9 Å². The summed E-state index contributed by atoms with van der Waals surface area (Å²) in [6.07, 6.45) is 0. The lowest BCUT2D eigenvalue weighted by Crippen LogP contribution is -2.26. The Morgan fingerprint density at radius 1 is 1.05 bits per heavy atom. The molecule has 2 aromatic rings. The molecule has 0 saturated heterocycles. The van der Waals surface area contributed by atoms with Gasteiger partial charge in [0.25, 0.3) is 5.91 Å². The molecule has 0 bridgehead atoms. The highest BCUT2D eigenvalue weighted by molar-refractivity contribution is 5.94. The van der Waals surface area contributed by atoms with Gasteiger partial charge in [-0.3, -0.25) is 4.79 Å². The van der Waals surface area contributed by atoms with Crippen LogP contribution in [-0.4, -0.2) is 34.0 Å². The number of aromatic carboxylic acids is 1. The van der Waals surface area contributed by atoms with Crippen molar-refractivity contribution in [3.8, 4) is 5.75 Å². The molecular formula is C16H15NO4. The van der Waals surface area contributed by atoms with E-state index in [1.165, 1.54) is 29.2 Å². The molecule has 0 aromatic heterocycles. The molecule has 0 aliphatic carbocycles. The molecule has 2 N–H and O–H groups in total. The fourth-order valence-corrected chi connectivity index (χ4v) is 1.96. The number of phenols is 1. The summed E-state index contributed by atoms with van der Waals surface area (Å²) in [6, 6.07) is 12.5. The number of carbonyl (C=O) groups excluding carboxylic acids is 1. The normalized spacial score (nSPS) is 10.1. The molecule has 21 heavy (non-hydrogen) atoms. The second-order valence-corrected chi connectivity index (χ2v) is 4.71. The third-order valence-electron chi connectivity index (χ3n) is 3.06. The number of carboxylic acids is 1. The van der Waals surface area contributed by atoms with Crippen LogP contribution >= 0.6 is 0 Å². The third kappa shape index (κ3) is 3.60.